The number of furan rings is 1. The molecule has 1 aromatic heterocycles. The second kappa shape index (κ2) is 8.59. The Bertz CT molecular complexity index is 1410. The zero-order chi connectivity index (χ0) is 23.8. The summed E-state index contributed by atoms with van der Waals surface area (Å²) in [6.07, 6.45) is 0. The van der Waals surface area contributed by atoms with Crippen molar-refractivity contribution in [1.29, 1.82) is 0 Å². The fourth-order valence-corrected chi connectivity index (χ4v) is 4.21. The summed E-state index contributed by atoms with van der Waals surface area (Å²) in [5.41, 5.74) is 4.21. The number of nitrogens with one attached hydrogen (secondary N) is 1. The molecule has 0 radical (unpaired) electrons. The minimum absolute atomic E-state index is 0.0381. The molecule has 1 amide bonds. The third kappa shape index (κ3) is 3.96. The molecule has 0 saturated carbocycles. The number of anilines is 1. The van der Waals surface area contributed by atoms with Gasteiger partial charge in [0.05, 0.1) is 5.69 Å². The molecule has 1 aliphatic heterocycles. The first-order chi connectivity index (χ1) is 16.4. The highest BCUT2D eigenvalue weighted by Crippen LogP contribution is 2.36. The quantitative estimate of drug-likeness (QED) is 0.394. The second-order valence-electron chi connectivity index (χ2n) is 8.26. The van der Waals surface area contributed by atoms with Crippen LogP contribution in [0.4, 0.5) is 5.69 Å². The van der Waals surface area contributed by atoms with Crippen LogP contribution < -0.4 is 19.5 Å². The first-order valence-corrected chi connectivity index (χ1v) is 10.9. The average molecular weight is 457 g/mol. The number of carbonyl (C=O) groups excluding carboxylic acids is 2. The van der Waals surface area contributed by atoms with Crippen LogP contribution in [0.5, 0.6) is 17.2 Å². The Morgan fingerprint density at radius 1 is 0.941 bits per heavy atom. The van der Waals surface area contributed by atoms with Crippen molar-refractivity contribution >= 4 is 28.3 Å². The van der Waals surface area contributed by atoms with E-state index in [1.165, 1.54) is 0 Å². The van der Waals surface area contributed by atoms with E-state index in [0.29, 0.717) is 39.5 Å². The van der Waals surface area contributed by atoms with Crippen LogP contribution in [-0.4, -0.2) is 25.1 Å². The molecule has 1 aliphatic rings. The van der Waals surface area contributed by atoms with E-state index < -0.39 is 5.91 Å². The fraction of sp³-hybridized carbons (Fsp3) is 0.185. The highest BCUT2D eigenvalue weighted by molar-refractivity contribution is 6.17. The maximum absolute atomic E-state index is 13.3. The van der Waals surface area contributed by atoms with Crippen molar-refractivity contribution in [2.24, 2.45) is 0 Å². The van der Waals surface area contributed by atoms with Crippen LogP contribution in [0.25, 0.3) is 11.0 Å². The van der Waals surface area contributed by atoms with Gasteiger partial charge in [0, 0.05) is 10.9 Å². The summed E-state index contributed by atoms with van der Waals surface area (Å²) >= 11 is 0. The van der Waals surface area contributed by atoms with Gasteiger partial charge in [-0.3, -0.25) is 9.59 Å². The molecule has 0 fully saturated rings. The molecule has 1 N–H and O–H groups in total. The van der Waals surface area contributed by atoms with Gasteiger partial charge < -0.3 is 23.9 Å². The lowest BCUT2D eigenvalue weighted by Crippen LogP contribution is -2.21. The van der Waals surface area contributed by atoms with Crippen LogP contribution in [0.2, 0.25) is 0 Å². The number of benzene rings is 3. The Balaban J connectivity index is 1.42. The van der Waals surface area contributed by atoms with E-state index in [0.717, 1.165) is 16.7 Å². The van der Waals surface area contributed by atoms with Crippen molar-refractivity contribution < 1.29 is 28.2 Å². The summed E-state index contributed by atoms with van der Waals surface area (Å²) in [4.78, 5) is 26.2. The van der Waals surface area contributed by atoms with Crippen molar-refractivity contribution in [3.63, 3.8) is 0 Å². The molecule has 0 aliphatic carbocycles. The summed E-state index contributed by atoms with van der Waals surface area (Å²) in [5, 5.41) is 3.45. The molecule has 172 valence electrons. The molecule has 4 aromatic rings. The molecular formula is C27H23NO6. The largest absolute Gasteiger partial charge is 0.483 e. The minimum atomic E-state index is -0.398. The van der Waals surface area contributed by atoms with E-state index in [1.54, 1.807) is 36.4 Å². The number of para-hydroxylation sites is 1. The highest BCUT2D eigenvalue weighted by atomic mass is 16.7. The summed E-state index contributed by atoms with van der Waals surface area (Å²) in [6.45, 7) is 5.80. The standard InChI is InChI=1S/C27H23NO6/c1-15-10-16(2)26(17(3)11-15)31-13-23(29)28-24-19-6-4-5-7-20(19)34-27(24)25(30)18-8-9-21-22(12-18)33-14-32-21/h4-12H,13-14H2,1-3H3,(H,28,29). The first-order valence-electron chi connectivity index (χ1n) is 10.9. The molecule has 0 bridgehead atoms. The Hall–Kier alpha value is -4.26. The van der Waals surface area contributed by atoms with Gasteiger partial charge in [-0.2, -0.15) is 0 Å². The minimum Gasteiger partial charge on any atom is -0.483 e. The summed E-state index contributed by atoms with van der Waals surface area (Å²) in [7, 11) is 0. The summed E-state index contributed by atoms with van der Waals surface area (Å²) in [5.74, 6) is 1.01. The van der Waals surface area contributed by atoms with Gasteiger partial charge in [-0.25, -0.2) is 0 Å². The topological polar surface area (TPSA) is 87.0 Å². The fourth-order valence-electron chi connectivity index (χ4n) is 4.21. The SMILES string of the molecule is Cc1cc(C)c(OCC(=O)Nc2c(C(=O)c3ccc4c(c3)OCO4)oc3ccccc23)c(C)c1. The molecule has 3 aromatic carbocycles. The van der Waals surface area contributed by atoms with Gasteiger partial charge >= 0.3 is 0 Å². The maximum atomic E-state index is 13.3. The number of rotatable bonds is 6. The van der Waals surface area contributed by atoms with Crippen LogP contribution in [0.3, 0.4) is 0 Å². The normalized spacial score (nSPS) is 12.1. The van der Waals surface area contributed by atoms with E-state index in [9.17, 15) is 9.59 Å². The Labute approximate surface area is 196 Å². The number of ketones is 1. The van der Waals surface area contributed by atoms with Crippen molar-refractivity contribution in [2.75, 3.05) is 18.7 Å². The van der Waals surface area contributed by atoms with Gasteiger partial charge in [-0.1, -0.05) is 29.8 Å². The third-order valence-corrected chi connectivity index (χ3v) is 5.65. The van der Waals surface area contributed by atoms with Gasteiger partial charge in [-0.05, 0) is 62.2 Å². The maximum Gasteiger partial charge on any atom is 0.262 e. The van der Waals surface area contributed by atoms with Crippen molar-refractivity contribution in [2.45, 2.75) is 20.8 Å². The van der Waals surface area contributed by atoms with Crippen LogP contribution in [0.1, 0.15) is 32.8 Å². The van der Waals surface area contributed by atoms with Gasteiger partial charge in [0.25, 0.3) is 5.91 Å². The lowest BCUT2D eigenvalue weighted by molar-refractivity contribution is -0.118. The van der Waals surface area contributed by atoms with E-state index in [-0.39, 0.29) is 24.9 Å². The van der Waals surface area contributed by atoms with E-state index in [2.05, 4.69) is 5.32 Å². The van der Waals surface area contributed by atoms with Crippen LogP contribution in [0.15, 0.2) is 59.0 Å². The highest BCUT2D eigenvalue weighted by Gasteiger charge is 2.25. The molecule has 34 heavy (non-hydrogen) atoms. The van der Waals surface area contributed by atoms with Crippen molar-refractivity contribution in [1.82, 2.24) is 0 Å². The average Bonchev–Trinajstić information content (AvgIpc) is 3.42. The van der Waals surface area contributed by atoms with E-state index in [1.807, 2.05) is 39.0 Å². The number of carbonyl (C=O) groups is 2. The predicted octanol–water partition coefficient (Wildman–Crippen LogP) is 5.34. The Morgan fingerprint density at radius 3 is 2.47 bits per heavy atom. The molecule has 2 heterocycles. The third-order valence-electron chi connectivity index (χ3n) is 5.65. The van der Waals surface area contributed by atoms with E-state index >= 15 is 0 Å². The zero-order valence-electron chi connectivity index (χ0n) is 19.1. The number of amides is 1. The van der Waals surface area contributed by atoms with Crippen molar-refractivity contribution in [3.8, 4) is 17.2 Å². The molecule has 7 nitrogen and oxygen atoms in total. The molecular weight excluding hydrogens is 434 g/mol. The smallest absolute Gasteiger partial charge is 0.262 e. The molecule has 5 rings (SSSR count). The van der Waals surface area contributed by atoms with Gasteiger partial charge in [0.2, 0.25) is 12.6 Å². The monoisotopic (exact) mass is 457 g/mol. The summed E-state index contributed by atoms with van der Waals surface area (Å²) < 4.78 is 22.4. The van der Waals surface area contributed by atoms with Gasteiger partial charge in [0.15, 0.2) is 23.9 Å². The lowest BCUT2D eigenvalue weighted by Gasteiger charge is -2.13. The predicted molar refractivity (Wildman–Crippen MR) is 127 cm³/mol. The number of fused-ring (bicyclic) bond motifs is 2. The Morgan fingerprint density at radius 2 is 1.68 bits per heavy atom. The first kappa shape index (κ1) is 21.6. The van der Waals surface area contributed by atoms with Crippen LogP contribution in [0, 0.1) is 20.8 Å². The number of hydrogen-bond donors (Lipinski definition) is 1. The summed E-state index contributed by atoms with van der Waals surface area (Å²) in [6, 6.07) is 16.1. The number of hydrogen-bond acceptors (Lipinski definition) is 6. The molecule has 0 atom stereocenters. The second-order valence-corrected chi connectivity index (χ2v) is 8.26. The van der Waals surface area contributed by atoms with Crippen molar-refractivity contribution in [3.05, 3.63) is 82.6 Å². The number of aryl methyl sites for hydroxylation is 3. The lowest BCUT2D eigenvalue weighted by atomic mass is 10.1. The van der Waals surface area contributed by atoms with Crippen LogP contribution in [-0.2, 0) is 4.79 Å². The Kier molecular flexibility index (Phi) is 5.45. The molecule has 0 spiro atoms. The van der Waals surface area contributed by atoms with Gasteiger partial charge in [-0.15, -0.1) is 0 Å². The zero-order valence-corrected chi connectivity index (χ0v) is 19.1. The molecule has 7 heteroatoms. The number of ether oxygens (including phenoxy) is 3. The van der Waals surface area contributed by atoms with E-state index in [4.69, 9.17) is 18.6 Å². The van der Waals surface area contributed by atoms with Gasteiger partial charge in [0.1, 0.15) is 11.3 Å². The molecule has 0 saturated heterocycles. The van der Waals surface area contributed by atoms with Crippen LogP contribution >= 0.6 is 0 Å². The molecule has 0 unspecified atom stereocenters.